The molecule has 148 valence electrons. The number of amides is 2. The number of para-hydroxylation sites is 1. The van der Waals surface area contributed by atoms with Gasteiger partial charge in [0.15, 0.2) is 11.6 Å². The Morgan fingerprint density at radius 2 is 1.89 bits per heavy atom. The van der Waals surface area contributed by atoms with E-state index in [0.717, 1.165) is 56.6 Å². The molecule has 0 unspecified atom stereocenters. The number of carbonyl (C=O) groups is 2. The number of imide groups is 1. The third-order valence-electron chi connectivity index (χ3n) is 4.71. The summed E-state index contributed by atoms with van der Waals surface area (Å²) in [7, 11) is 0. The third kappa shape index (κ3) is 4.93. The Labute approximate surface area is 163 Å². The summed E-state index contributed by atoms with van der Waals surface area (Å²) in [6.45, 7) is 8.40. The van der Waals surface area contributed by atoms with Gasteiger partial charge in [-0.2, -0.15) is 0 Å². The van der Waals surface area contributed by atoms with E-state index in [0.29, 0.717) is 12.3 Å². The van der Waals surface area contributed by atoms with Gasteiger partial charge in [-0.05, 0) is 38.9 Å². The molecule has 0 radical (unpaired) electrons. The second kappa shape index (κ2) is 8.93. The summed E-state index contributed by atoms with van der Waals surface area (Å²) in [6, 6.07) is 5.04. The highest BCUT2D eigenvalue weighted by molar-refractivity contribution is 8.14. The molecule has 1 aromatic rings. The Hall–Kier alpha value is -1.80. The van der Waals surface area contributed by atoms with Gasteiger partial charge in [-0.1, -0.05) is 17.8 Å². The summed E-state index contributed by atoms with van der Waals surface area (Å²) in [5.74, 6) is 0.177. The van der Waals surface area contributed by atoms with Crippen LogP contribution in [-0.4, -0.2) is 72.1 Å². The van der Waals surface area contributed by atoms with E-state index in [-0.39, 0.29) is 28.8 Å². The molecule has 2 aliphatic rings. The van der Waals surface area contributed by atoms with Crippen LogP contribution in [0.25, 0.3) is 0 Å². The van der Waals surface area contributed by atoms with Crippen LogP contribution in [0, 0.1) is 5.82 Å². The van der Waals surface area contributed by atoms with E-state index in [1.54, 1.807) is 6.07 Å². The molecule has 0 N–H and O–H groups in total. The Kier molecular flexibility index (Phi) is 6.59. The summed E-state index contributed by atoms with van der Waals surface area (Å²) < 4.78 is 19.9. The lowest BCUT2D eigenvalue weighted by molar-refractivity contribution is -0.124. The van der Waals surface area contributed by atoms with E-state index in [4.69, 9.17) is 4.74 Å². The monoisotopic (exact) mass is 395 g/mol. The summed E-state index contributed by atoms with van der Waals surface area (Å²) in [5.41, 5.74) is 0.800. The first-order valence-electron chi connectivity index (χ1n) is 9.35. The first-order chi connectivity index (χ1) is 13.0. The van der Waals surface area contributed by atoms with Gasteiger partial charge in [-0.25, -0.2) is 4.39 Å². The van der Waals surface area contributed by atoms with E-state index in [2.05, 4.69) is 9.80 Å². The van der Waals surface area contributed by atoms with E-state index >= 15 is 0 Å². The summed E-state index contributed by atoms with van der Waals surface area (Å²) in [4.78, 5) is 29.1. The lowest BCUT2D eigenvalue weighted by Gasteiger charge is -2.37. The van der Waals surface area contributed by atoms with Crippen molar-refractivity contribution in [2.75, 3.05) is 49.9 Å². The predicted octanol–water partition coefficient (Wildman–Crippen LogP) is 2.82. The topological polar surface area (TPSA) is 53.1 Å². The van der Waals surface area contributed by atoms with E-state index in [1.165, 1.54) is 11.0 Å². The Morgan fingerprint density at radius 3 is 2.52 bits per heavy atom. The molecule has 6 nitrogen and oxygen atoms in total. The fourth-order valence-electron chi connectivity index (χ4n) is 3.36. The van der Waals surface area contributed by atoms with Crippen molar-refractivity contribution in [3.8, 4) is 5.75 Å². The van der Waals surface area contributed by atoms with Gasteiger partial charge >= 0.3 is 0 Å². The lowest BCUT2D eigenvalue weighted by atomic mass is 10.2. The normalized spacial score (nSPS) is 18.7. The highest BCUT2D eigenvalue weighted by Gasteiger charge is 2.29. The van der Waals surface area contributed by atoms with Gasteiger partial charge in [0.25, 0.3) is 5.24 Å². The van der Waals surface area contributed by atoms with Gasteiger partial charge in [-0.15, -0.1) is 0 Å². The minimum absolute atomic E-state index is 0.0846. The van der Waals surface area contributed by atoms with Gasteiger partial charge < -0.3 is 9.64 Å². The maximum Gasteiger partial charge on any atom is 0.288 e. The van der Waals surface area contributed by atoms with Gasteiger partial charge in [0, 0.05) is 32.7 Å². The van der Waals surface area contributed by atoms with Crippen molar-refractivity contribution < 1.29 is 18.7 Å². The van der Waals surface area contributed by atoms with E-state index in [9.17, 15) is 14.0 Å². The van der Waals surface area contributed by atoms with Crippen LogP contribution in [0.15, 0.2) is 18.2 Å². The summed E-state index contributed by atoms with van der Waals surface area (Å²) >= 11 is 1.08. The molecule has 0 spiro atoms. The van der Waals surface area contributed by atoms with Gasteiger partial charge in [0.05, 0.1) is 17.5 Å². The van der Waals surface area contributed by atoms with Gasteiger partial charge in [0.2, 0.25) is 5.91 Å². The number of hydrogen-bond donors (Lipinski definition) is 0. The number of halogens is 1. The van der Waals surface area contributed by atoms with Crippen molar-refractivity contribution in [2.24, 2.45) is 0 Å². The van der Waals surface area contributed by atoms with Crippen molar-refractivity contribution in [1.29, 1.82) is 0 Å². The number of benzene rings is 1. The molecule has 2 amide bonds. The van der Waals surface area contributed by atoms with Crippen LogP contribution in [0.5, 0.6) is 5.75 Å². The highest BCUT2D eigenvalue weighted by atomic mass is 32.2. The molecule has 0 aliphatic carbocycles. The zero-order valence-electron chi connectivity index (χ0n) is 15.8. The second-order valence-electron chi connectivity index (χ2n) is 7.04. The fourth-order valence-corrected chi connectivity index (χ4v) is 4.11. The van der Waals surface area contributed by atoms with Crippen LogP contribution in [-0.2, 0) is 4.79 Å². The van der Waals surface area contributed by atoms with Crippen molar-refractivity contribution in [2.45, 2.75) is 26.4 Å². The molecular weight excluding hydrogens is 369 g/mol. The molecule has 0 atom stereocenters. The molecule has 2 fully saturated rings. The molecular formula is C19H26FN3O3S. The Balaban J connectivity index is 1.50. The zero-order chi connectivity index (χ0) is 19.4. The van der Waals surface area contributed by atoms with Crippen LogP contribution in [0.3, 0.4) is 0 Å². The molecule has 2 heterocycles. The quantitative estimate of drug-likeness (QED) is 0.708. The van der Waals surface area contributed by atoms with Crippen LogP contribution in [0.2, 0.25) is 0 Å². The molecule has 2 aliphatic heterocycles. The molecule has 3 rings (SSSR count). The summed E-state index contributed by atoms with van der Waals surface area (Å²) in [5, 5.41) is -0.131. The highest BCUT2D eigenvalue weighted by Crippen LogP contribution is 2.32. The van der Waals surface area contributed by atoms with Crippen LogP contribution < -0.4 is 9.64 Å². The Morgan fingerprint density at radius 1 is 1.15 bits per heavy atom. The van der Waals surface area contributed by atoms with Gasteiger partial charge in [-0.3, -0.25) is 19.4 Å². The lowest BCUT2D eigenvalue weighted by Crippen LogP contribution is -2.47. The first-order valence-corrected chi connectivity index (χ1v) is 10.3. The number of nitrogens with zero attached hydrogens (tertiary/aromatic N) is 3. The standard InChI is InChI=1S/C19H26FN3O3S/c1-14(2)26-18-15(20)5-3-6-16(18)22-11-9-21(10-12-22)7-4-8-23-17(24)13-27-19(23)25/h3,5-6,14H,4,7-13H2,1-2H3. The number of rotatable bonds is 7. The van der Waals surface area contributed by atoms with Crippen molar-refractivity contribution in [1.82, 2.24) is 9.80 Å². The molecule has 2 saturated heterocycles. The second-order valence-corrected chi connectivity index (χ2v) is 7.96. The minimum atomic E-state index is -0.332. The van der Waals surface area contributed by atoms with Crippen LogP contribution in [0.4, 0.5) is 14.9 Å². The van der Waals surface area contributed by atoms with E-state index in [1.807, 2.05) is 19.9 Å². The first kappa shape index (κ1) is 19.9. The average molecular weight is 396 g/mol. The number of thioether (sulfide) groups is 1. The molecule has 0 bridgehead atoms. The number of carbonyl (C=O) groups excluding carboxylic acids is 2. The number of piperazine rings is 1. The Bertz CT molecular complexity index is 677. The molecule has 8 heteroatoms. The van der Waals surface area contributed by atoms with Crippen LogP contribution in [0.1, 0.15) is 20.3 Å². The molecule has 1 aromatic carbocycles. The molecule has 0 saturated carbocycles. The largest absolute Gasteiger partial charge is 0.486 e. The maximum absolute atomic E-state index is 14.2. The minimum Gasteiger partial charge on any atom is -0.486 e. The van der Waals surface area contributed by atoms with Crippen molar-refractivity contribution in [3.05, 3.63) is 24.0 Å². The molecule has 0 aromatic heterocycles. The van der Waals surface area contributed by atoms with Gasteiger partial charge in [0.1, 0.15) is 0 Å². The number of anilines is 1. The van der Waals surface area contributed by atoms with Crippen molar-refractivity contribution >= 4 is 28.6 Å². The fraction of sp³-hybridized carbons (Fsp3) is 0.579. The average Bonchev–Trinajstić information content (AvgIpc) is 2.96. The third-order valence-corrected chi connectivity index (χ3v) is 5.57. The van der Waals surface area contributed by atoms with E-state index < -0.39 is 0 Å². The zero-order valence-corrected chi connectivity index (χ0v) is 16.6. The number of hydrogen-bond acceptors (Lipinski definition) is 6. The smallest absolute Gasteiger partial charge is 0.288 e. The van der Waals surface area contributed by atoms with Crippen LogP contribution >= 0.6 is 11.8 Å². The molecule has 27 heavy (non-hydrogen) atoms. The maximum atomic E-state index is 14.2. The summed E-state index contributed by atoms with van der Waals surface area (Å²) in [6.07, 6.45) is 0.691. The van der Waals surface area contributed by atoms with Crippen molar-refractivity contribution in [3.63, 3.8) is 0 Å². The SMILES string of the molecule is CC(C)Oc1c(F)cccc1N1CCN(CCCN2C(=O)CSC2=O)CC1. The predicted molar refractivity (Wildman–Crippen MR) is 105 cm³/mol. The number of ether oxygens (including phenoxy) is 1.